The van der Waals surface area contributed by atoms with E-state index in [0.29, 0.717) is 6.04 Å². The fourth-order valence-electron chi connectivity index (χ4n) is 3.05. The van der Waals surface area contributed by atoms with E-state index in [-0.39, 0.29) is 5.91 Å². The molecule has 0 bridgehead atoms. The second kappa shape index (κ2) is 5.47. The van der Waals surface area contributed by atoms with Crippen molar-refractivity contribution in [2.75, 3.05) is 11.9 Å². The van der Waals surface area contributed by atoms with Gasteiger partial charge in [0.2, 0.25) is 0 Å². The number of aliphatic imine (C=N–C) groups is 1. The largest absolute Gasteiger partial charge is 0.322 e. The highest BCUT2D eigenvalue weighted by Gasteiger charge is 2.35. The summed E-state index contributed by atoms with van der Waals surface area (Å²) in [5.74, 6) is -0.0395. The molecular weight excluding hydrogens is 294 g/mol. The molecule has 22 heavy (non-hydrogen) atoms. The van der Waals surface area contributed by atoms with Crippen molar-refractivity contribution < 1.29 is 4.79 Å². The van der Waals surface area contributed by atoms with Gasteiger partial charge < -0.3 is 10.2 Å². The lowest BCUT2D eigenvalue weighted by molar-refractivity contribution is -0.112. The Hall–Kier alpha value is -1.75. The zero-order valence-corrected chi connectivity index (χ0v) is 14.5. The lowest BCUT2D eigenvalue weighted by Gasteiger charge is -2.15. The molecule has 2 aliphatic rings. The van der Waals surface area contributed by atoms with Crippen LogP contribution >= 0.6 is 11.8 Å². The lowest BCUT2D eigenvalue weighted by atomic mass is 10.1. The lowest BCUT2D eigenvalue weighted by Crippen LogP contribution is -2.22. The van der Waals surface area contributed by atoms with Crippen molar-refractivity contribution in [3.05, 3.63) is 39.4 Å². The van der Waals surface area contributed by atoms with Gasteiger partial charge in [-0.05, 0) is 57.5 Å². The predicted molar refractivity (Wildman–Crippen MR) is 93.2 cm³/mol. The second-order valence-corrected chi connectivity index (χ2v) is 7.09. The maximum absolute atomic E-state index is 12.7. The number of rotatable bonds is 2. The standard InChI is InChI=1S/C17H21N3OS/c1-9-6-10(2)14(11(3)7-9)19-16(21)15-13(5)20-8-12(4)18-17(20)22-15/h6-7,12H,8H2,1-5H3,(H,19,21). The van der Waals surface area contributed by atoms with Crippen molar-refractivity contribution in [3.8, 4) is 0 Å². The highest BCUT2D eigenvalue weighted by atomic mass is 32.2. The van der Waals surface area contributed by atoms with Crippen LogP contribution in [0.5, 0.6) is 0 Å². The number of carbonyl (C=O) groups is 1. The fraction of sp³-hybridized carbons (Fsp3) is 0.412. The molecular formula is C17H21N3OS. The van der Waals surface area contributed by atoms with E-state index in [1.807, 2.05) is 20.8 Å². The SMILES string of the molecule is CC1=C(C(=O)Nc2c(C)cc(C)cc2C)SC2=NC(C)CN21. The molecule has 0 saturated carbocycles. The van der Waals surface area contributed by atoms with Crippen molar-refractivity contribution in [1.29, 1.82) is 0 Å². The normalized spacial score (nSPS) is 20.3. The fourth-order valence-corrected chi connectivity index (χ4v) is 4.19. The Balaban J connectivity index is 1.84. The van der Waals surface area contributed by atoms with Crippen LogP contribution in [0.1, 0.15) is 30.5 Å². The first kappa shape index (κ1) is 15.2. The van der Waals surface area contributed by atoms with Gasteiger partial charge in [0.1, 0.15) is 0 Å². The number of anilines is 1. The van der Waals surface area contributed by atoms with Crippen LogP contribution < -0.4 is 5.32 Å². The molecule has 2 heterocycles. The molecule has 5 heteroatoms. The summed E-state index contributed by atoms with van der Waals surface area (Å²) in [6.07, 6.45) is 0. The molecule has 1 atom stereocenters. The molecule has 0 aliphatic carbocycles. The number of carbonyl (C=O) groups excluding carboxylic acids is 1. The Bertz CT molecular complexity index is 698. The highest BCUT2D eigenvalue weighted by Crippen LogP contribution is 2.38. The van der Waals surface area contributed by atoms with Crippen LogP contribution in [0.15, 0.2) is 27.7 Å². The zero-order chi connectivity index (χ0) is 16.0. The smallest absolute Gasteiger partial charge is 0.264 e. The van der Waals surface area contributed by atoms with Gasteiger partial charge in [-0.1, -0.05) is 17.7 Å². The van der Waals surface area contributed by atoms with E-state index in [0.717, 1.165) is 39.1 Å². The molecule has 0 radical (unpaired) electrons. The Morgan fingerprint density at radius 3 is 2.50 bits per heavy atom. The van der Waals surface area contributed by atoms with Gasteiger partial charge in [0.25, 0.3) is 5.91 Å². The molecule has 2 aliphatic heterocycles. The van der Waals surface area contributed by atoms with Gasteiger partial charge >= 0.3 is 0 Å². The van der Waals surface area contributed by atoms with Gasteiger partial charge in [0, 0.05) is 17.9 Å². The van der Waals surface area contributed by atoms with E-state index < -0.39 is 0 Å². The van der Waals surface area contributed by atoms with E-state index in [1.165, 1.54) is 17.3 Å². The van der Waals surface area contributed by atoms with Crippen LogP contribution in [0.2, 0.25) is 0 Å². The number of fused-ring (bicyclic) bond motifs is 1. The third-order valence-electron chi connectivity index (χ3n) is 4.06. The van der Waals surface area contributed by atoms with E-state index in [2.05, 4.69) is 41.2 Å². The number of hydrogen-bond donors (Lipinski definition) is 1. The van der Waals surface area contributed by atoms with Crippen molar-refractivity contribution in [2.45, 2.75) is 40.7 Å². The highest BCUT2D eigenvalue weighted by molar-refractivity contribution is 8.18. The van der Waals surface area contributed by atoms with Crippen molar-refractivity contribution in [2.24, 2.45) is 4.99 Å². The third-order valence-corrected chi connectivity index (χ3v) is 5.25. The number of thioether (sulfide) groups is 1. The summed E-state index contributed by atoms with van der Waals surface area (Å²) in [6, 6.07) is 4.49. The monoisotopic (exact) mass is 315 g/mol. The molecule has 4 nitrogen and oxygen atoms in total. The van der Waals surface area contributed by atoms with E-state index in [4.69, 9.17) is 0 Å². The van der Waals surface area contributed by atoms with Gasteiger partial charge in [0.05, 0.1) is 10.9 Å². The van der Waals surface area contributed by atoms with Crippen LogP contribution in [-0.4, -0.2) is 28.6 Å². The van der Waals surface area contributed by atoms with Crippen LogP contribution in [0.4, 0.5) is 5.69 Å². The molecule has 1 N–H and O–H groups in total. The molecule has 1 aromatic rings. The minimum atomic E-state index is -0.0395. The average Bonchev–Trinajstić information content (AvgIpc) is 2.92. The summed E-state index contributed by atoms with van der Waals surface area (Å²) in [6.45, 7) is 11.1. The Morgan fingerprint density at radius 2 is 1.91 bits per heavy atom. The topological polar surface area (TPSA) is 44.7 Å². The molecule has 0 spiro atoms. The first-order valence-corrected chi connectivity index (χ1v) is 8.31. The van der Waals surface area contributed by atoms with Crippen molar-refractivity contribution >= 4 is 28.5 Å². The van der Waals surface area contributed by atoms with Gasteiger partial charge in [-0.2, -0.15) is 0 Å². The van der Waals surface area contributed by atoms with Crippen LogP contribution in [-0.2, 0) is 4.79 Å². The summed E-state index contributed by atoms with van der Waals surface area (Å²) in [5.41, 5.74) is 5.33. The number of amides is 1. The first-order valence-electron chi connectivity index (χ1n) is 7.50. The Labute approximate surface area is 135 Å². The number of benzene rings is 1. The molecule has 116 valence electrons. The molecule has 0 aromatic heterocycles. The van der Waals surface area contributed by atoms with Gasteiger partial charge in [0.15, 0.2) is 5.17 Å². The molecule has 1 unspecified atom stereocenters. The average molecular weight is 315 g/mol. The maximum Gasteiger partial charge on any atom is 0.264 e. The Morgan fingerprint density at radius 1 is 1.27 bits per heavy atom. The first-order chi connectivity index (χ1) is 10.4. The number of aryl methyl sites for hydroxylation is 3. The third kappa shape index (κ3) is 2.54. The molecule has 3 rings (SSSR count). The second-order valence-electron chi connectivity index (χ2n) is 6.12. The van der Waals surface area contributed by atoms with Crippen molar-refractivity contribution in [1.82, 2.24) is 4.90 Å². The number of amidine groups is 1. The number of allylic oxidation sites excluding steroid dienone is 1. The van der Waals surface area contributed by atoms with E-state index in [1.54, 1.807) is 0 Å². The number of nitrogens with one attached hydrogen (secondary N) is 1. The van der Waals surface area contributed by atoms with Crippen molar-refractivity contribution in [3.63, 3.8) is 0 Å². The number of hydrogen-bond acceptors (Lipinski definition) is 4. The minimum absolute atomic E-state index is 0.0395. The summed E-state index contributed by atoms with van der Waals surface area (Å²) in [5, 5.41) is 4.03. The van der Waals surface area contributed by atoms with Gasteiger partial charge in [-0.3, -0.25) is 9.79 Å². The van der Waals surface area contributed by atoms with Crippen LogP contribution in [0.25, 0.3) is 0 Å². The summed E-state index contributed by atoms with van der Waals surface area (Å²) >= 11 is 1.48. The molecule has 1 aromatic carbocycles. The van der Waals surface area contributed by atoms with Crippen LogP contribution in [0, 0.1) is 20.8 Å². The van der Waals surface area contributed by atoms with E-state index >= 15 is 0 Å². The Kier molecular flexibility index (Phi) is 3.77. The molecule has 0 fully saturated rings. The predicted octanol–water partition coefficient (Wildman–Crippen LogP) is 3.59. The molecule has 1 amide bonds. The van der Waals surface area contributed by atoms with Gasteiger partial charge in [-0.15, -0.1) is 0 Å². The quantitative estimate of drug-likeness (QED) is 0.907. The van der Waals surface area contributed by atoms with Gasteiger partial charge in [-0.25, -0.2) is 0 Å². The van der Waals surface area contributed by atoms with E-state index in [9.17, 15) is 4.79 Å². The van der Waals surface area contributed by atoms with Crippen LogP contribution in [0.3, 0.4) is 0 Å². The minimum Gasteiger partial charge on any atom is -0.322 e. The summed E-state index contributed by atoms with van der Waals surface area (Å²) in [4.78, 5) is 20.1. The number of nitrogens with zero attached hydrogens (tertiary/aromatic N) is 2. The summed E-state index contributed by atoms with van der Waals surface area (Å²) in [7, 11) is 0. The maximum atomic E-state index is 12.7. The zero-order valence-electron chi connectivity index (χ0n) is 13.7. The summed E-state index contributed by atoms with van der Waals surface area (Å²) < 4.78 is 0. The molecule has 0 saturated heterocycles.